The summed E-state index contributed by atoms with van der Waals surface area (Å²) in [5.41, 5.74) is 4.58. The Kier molecular flexibility index (Phi) is 4.19. The van der Waals surface area contributed by atoms with E-state index in [-0.39, 0.29) is 5.56 Å². The van der Waals surface area contributed by atoms with E-state index in [9.17, 15) is 4.79 Å². The van der Waals surface area contributed by atoms with Gasteiger partial charge in [0.1, 0.15) is 0 Å². The number of nitrogens with zero attached hydrogens (tertiary/aromatic N) is 4. The van der Waals surface area contributed by atoms with Gasteiger partial charge in [-0.2, -0.15) is 5.26 Å². The minimum atomic E-state index is -0.0770. The predicted molar refractivity (Wildman–Crippen MR) is 91.9 cm³/mol. The molecule has 0 saturated heterocycles. The van der Waals surface area contributed by atoms with Crippen LogP contribution in [0.2, 0.25) is 0 Å². The maximum Gasteiger partial charge on any atom is 0.276 e. The van der Waals surface area contributed by atoms with Crippen LogP contribution in [-0.2, 0) is 13.0 Å². The van der Waals surface area contributed by atoms with E-state index in [0.717, 1.165) is 16.8 Å². The summed E-state index contributed by atoms with van der Waals surface area (Å²) in [6, 6.07) is 9.37. The Labute approximate surface area is 140 Å². The van der Waals surface area contributed by atoms with Crippen molar-refractivity contribution in [2.24, 2.45) is 0 Å². The number of nitrogens with one attached hydrogen (secondary N) is 1. The minimum Gasteiger partial charge on any atom is -0.305 e. The van der Waals surface area contributed by atoms with Crippen LogP contribution in [0.5, 0.6) is 0 Å². The quantitative estimate of drug-likeness (QED) is 0.795. The zero-order valence-electron chi connectivity index (χ0n) is 14.0. The van der Waals surface area contributed by atoms with Crippen molar-refractivity contribution in [1.29, 1.82) is 5.26 Å². The fourth-order valence-corrected chi connectivity index (χ4v) is 2.77. The van der Waals surface area contributed by atoms with Crippen molar-refractivity contribution in [2.45, 2.75) is 19.9 Å². The fraction of sp³-hybridized carbons (Fsp3) is 0.278. The van der Waals surface area contributed by atoms with Crippen molar-refractivity contribution in [3.63, 3.8) is 0 Å². The van der Waals surface area contributed by atoms with Gasteiger partial charge >= 0.3 is 0 Å². The summed E-state index contributed by atoms with van der Waals surface area (Å²) in [7, 11) is 3.96. The van der Waals surface area contributed by atoms with Crippen molar-refractivity contribution in [1.82, 2.24) is 19.5 Å². The molecule has 6 nitrogen and oxygen atoms in total. The zero-order valence-corrected chi connectivity index (χ0v) is 14.0. The van der Waals surface area contributed by atoms with E-state index < -0.39 is 0 Å². The van der Waals surface area contributed by atoms with Crippen LogP contribution in [0.15, 0.2) is 35.3 Å². The minimum absolute atomic E-state index is 0.0770. The molecule has 24 heavy (non-hydrogen) atoms. The van der Waals surface area contributed by atoms with Gasteiger partial charge in [0, 0.05) is 36.0 Å². The molecule has 0 saturated carbocycles. The Hall–Kier alpha value is -2.91. The zero-order chi connectivity index (χ0) is 17.3. The Morgan fingerprint density at radius 1 is 1.29 bits per heavy atom. The third-order valence-corrected chi connectivity index (χ3v) is 3.99. The highest BCUT2D eigenvalue weighted by Crippen LogP contribution is 2.14. The van der Waals surface area contributed by atoms with Gasteiger partial charge in [-0.15, -0.1) is 0 Å². The van der Waals surface area contributed by atoms with Gasteiger partial charge in [-0.05, 0) is 38.7 Å². The number of aryl methyl sites for hydroxylation is 1. The van der Waals surface area contributed by atoms with Gasteiger partial charge in [-0.3, -0.25) is 9.89 Å². The van der Waals surface area contributed by atoms with Crippen LogP contribution in [0.4, 0.5) is 0 Å². The van der Waals surface area contributed by atoms with E-state index in [1.54, 1.807) is 12.1 Å². The summed E-state index contributed by atoms with van der Waals surface area (Å²) in [4.78, 5) is 19.5. The van der Waals surface area contributed by atoms with Gasteiger partial charge in [0.15, 0.2) is 5.65 Å². The van der Waals surface area contributed by atoms with Crippen molar-refractivity contribution in [3.05, 3.63) is 68.8 Å². The molecule has 0 radical (unpaired) electrons. The van der Waals surface area contributed by atoms with Crippen molar-refractivity contribution >= 4 is 5.65 Å². The molecule has 6 heteroatoms. The first-order chi connectivity index (χ1) is 11.5. The van der Waals surface area contributed by atoms with Gasteiger partial charge in [-0.25, -0.2) is 9.50 Å². The average molecular weight is 321 g/mol. The summed E-state index contributed by atoms with van der Waals surface area (Å²) in [6.07, 6.45) is 2.32. The van der Waals surface area contributed by atoms with E-state index in [0.29, 0.717) is 29.7 Å². The molecule has 122 valence electrons. The molecule has 0 atom stereocenters. The summed E-state index contributed by atoms with van der Waals surface area (Å²) < 4.78 is 1.50. The smallest absolute Gasteiger partial charge is 0.276 e. The molecule has 0 aliphatic carbocycles. The predicted octanol–water partition coefficient (Wildman–Crippen LogP) is 1.86. The number of nitriles is 1. The summed E-state index contributed by atoms with van der Waals surface area (Å²) >= 11 is 0. The third-order valence-electron chi connectivity index (χ3n) is 3.99. The maximum atomic E-state index is 12.8. The molecule has 0 spiro atoms. The van der Waals surface area contributed by atoms with Crippen LogP contribution >= 0.6 is 0 Å². The van der Waals surface area contributed by atoms with Gasteiger partial charge in [0.05, 0.1) is 11.6 Å². The van der Waals surface area contributed by atoms with Crippen LogP contribution < -0.4 is 5.56 Å². The average Bonchev–Trinajstić information content (AvgIpc) is 2.94. The normalized spacial score (nSPS) is 11.1. The van der Waals surface area contributed by atoms with E-state index in [2.05, 4.69) is 16.2 Å². The number of hydrogen-bond acceptors (Lipinski definition) is 4. The molecular weight excluding hydrogens is 302 g/mol. The van der Waals surface area contributed by atoms with Crippen LogP contribution in [0.1, 0.15) is 27.9 Å². The van der Waals surface area contributed by atoms with Crippen molar-refractivity contribution in [3.8, 4) is 6.07 Å². The lowest BCUT2D eigenvalue weighted by Gasteiger charge is -2.09. The topological polar surface area (TPSA) is 77.2 Å². The maximum absolute atomic E-state index is 12.8. The molecule has 3 rings (SSSR count). The van der Waals surface area contributed by atoms with Gasteiger partial charge in [-0.1, -0.05) is 12.1 Å². The fourth-order valence-electron chi connectivity index (χ4n) is 2.77. The van der Waals surface area contributed by atoms with Gasteiger partial charge < -0.3 is 4.90 Å². The molecule has 0 fully saturated rings. The number of aromatic amines is 1. The molecule has 2 heterocycles. The second kappa shape index (κ2) is 6.30. The van der Waals surface area contributed by atoms with E-state index in [1.165, 1.54) is 4.52 Å². The molecule has 0 aliphatic heterocycles. The Balaban J connectivity index is 2.02. The lowest BCUT2D eigenvalue weighted by atomic mass is 10.0. The second-order valence-electron chi connectivity index (χ2n) is 6.16. The van der Waals surface area contributed by atoms with Crippen LogP contribution in [0, 0.1) is 18.3 Å². The first kappa shape index (κ1) is 16.0. The monoisotopic (exact) mass is 321 g/mol. The highest BCUT2D eigenvalue weighted by atomic mass is 16.1. The number of fused-ring (bicyclic) bond motifs is 1. The highest BCUT2D eigenvalue weighted by molar-refractivity contribution is 5.48. The second-order valence-corrected chi connectivity index (χ2v) is 6.16. The first-order valence-electron chi connectivity index (χ1n) is 7.72. The van der Waals surface area contributed by atoms with E-state index in [1.807, 2.05) is 44.2 Å². The first-order valence-corrected chi connectivity index (χ1v) is 7.72. The summed E-state index contributed by atoms with van der Waals surface area (Å²) in [6.45, 7) is 2.58. The Morgan fingerprint density at radius 3 is 2.62 bits per heavy atom. The van der Waals surface area contributed by atoms with Gasteiger partial charge in [0.25, 0.3) is 5.56 Å². The molecule has 3 aromatic rings. The molecule has 0 amide bonds. The molecule has 1 N–H and O–H groups in total. The molecule has 0 aliphatic rings. The standard InChI is InChI=1S/C18H19N5O/c1-12-16(8-13-4-6-14(9-19)7-5-13)18(24)23-17(21-12)15(10-20-23)11-22(2)3/h4-7,10,20H,8,11H2,1-3H3. The van der Waals surface area contributed by atoms with Crippen LogP contribution in [-0.4, -0.2) is 33.6 Å². The highest BCUT2D eigenvalue weighted by Gasteiger charge is 2.14. The molecule has 2 aromatic heterocycles. The van der Waals surface area contributed by atoms with E-state index in [4.69, 9.17) is 5.26 Å². The molecular formula is C18H19N5O. The summed E-state index contributed by atoms with van der Waals surface area (Å²) in [5, 5.41) is 11.9. The lowest BCUT2D eigenvalue weighted by molar-refractivity contribution is 0.403. The SMILES string of the molecule is Cc1nc2c(CN(C)C)c[nH]n2c(=O)c1Cc1ccc(C#N)cc1. The third kappa shape index (κ3) is 2.94. The van der Waals surface area contributed by atoms with Crippen molar-refractivity contribution < 1.29 is 0 Å². The summed E-state index contributed by atoms with van der Waals surface area (Å²) in [5.74, 6) is 0. The van der Waals surface area contributed by atoms with Crippen molar-refractivity contribution in [2.75, 3.05) is 14.1 Å². The largest absolute Gasteiger partial charge is 0.305 e. The number of hydrogen-bond donors (Lipinski definition) is 1. The van der Waals surface area contributed by atoms with Gasteiger partial charge in [0.2, 0.25) is 0 Å². The number of rotatable bonds is 4. The number of benzene rings is 1. The Morgan fingerprint density at radius 2 is 2.00 bits per heavy atom. The van der Waals surface area contributed by atoms with Crippen LogP contribution in [0.3, 0.4) is 0 Å². The lowest BCUT2D eigenvalue weighted by Crippen LogP contribution is -2.22. The molecule has 0 unspecified atom stereocenters. The Bertz CT molecular complexity index is 974. The molecule has 0 bridgehead atoms. The van der Waals surface area contributed by atoms with Crippen LogP contribution in [0.25, 0.3) is 5.65 Å². The van der Waals surface area contributed by atoms with E-state index >= 15 is 0 Å². The molecule has 1 aromatic carbocycles. The number of H-pyrrole nitrogens is 1. The number of aromatic nitrogens is 3.